The van der Waals surface area contributed by atoms with E-state index in [0.717, 1.165) is 12.8 Å². The van der Waals surface area contributed by atoms with Crippen LogP contribution in [0.15, 0.2) is 0 Å². The number of unbranched alkanes of at least 4 members (excludes halogenated alkanes) is 1. The molecule has 0 aromatic carbocycles. The van der Waals surface area contributed by atoms with Crippen molar-refractivity contribution in [2.24, 2.45) is 5.92 Å². The molecule has 0 aromatic rings. The number of sulfonamides is 1. The second-order valence-electron chi connectivity index (χ2n) is 4.99. The van der Waals surface area contributed by atoms with E-state index in [9.17, 15) is 13.2 Å². The summed E-state index contributed by atoms with van der Waals surface area (Å²) in [4.78, 5) is 11.0. The number of hydrogen-bond acceptors (Lipinski definition) is 4. The molecule has 1 heterocycles. The van der Waals surface area contributed by atoms with Gasteiger partial charge in [-0.05, 0) is 25.2 Å². The van der Waals surface area contributed by atoms with Gasteiger partial charge in [-0.1, -0.05) is 19.8 Å². The van der Waals surface area contributed by atoms with Crippen molar-refractivity contribution in [3.05, 3.63) is 0 Å². The molecule has 1 aliphatic heterocycles. The Morgan fingerprint density at radius 1 is 1.53 bits per heavy atom. The van der Waals surface area contributed by atoms with Crippen LogP contribution >= 0.6 is 0 Å². The van der Waals surface area contributed by atoms with Crippen LogP contribution in [0.2, 0.25) is 0 Å². The first-order chi connectivity index (χ1) is 8.94. The number of carboxylic acid groups (broad SMARTS) is 1. The second kappa shape index (κ2) is 7.81. The molecule has 19 heavy (non-hydrogen) atoms. The summed E-state index contributed by atoms with van der Waals surface area (Å²) in [5, 5.41) is 9.00. The predicted molar refractivity (Wildman–Crippen MR) is 71.4 cm³/mol. The Kier molecular flexibility index (Phi) is 6.74. The van der Waals surface area contributed by atoms with Crippen LogP contribution in [0.5, 0.6) is 0 Å². The van der Waals surface area contributed by atoms with Crippen molar-refractivity contribution in [3.8, 4) is 0 Å². The van der Waals surface area contributed by atoms with E-state index in [0.29, 0.717) is 32.5 Å². The first-order valence-corrected chi connectivity index (χ1v) is 8.40. The van der Waals surface area contributed by atoms with E-state index in [1.807, 2.05) is 6.92 Å². The summed E-state index contributed by atoms with van der Waals surface area (Å²) in [5.74, 6) is -0.867. The van der Waals surface area contributed by atoms with Crippen LogP contribution in [0.4, 0.5) is 0 Å². The van der Waals surface area contributed by atoms with E-state index >= 15 is 0 Å². The number of ether oxygens (including phenoxy) is 1. The van der Waals surface area contributed by atoms with Gasteiger partial charge in [0.15, 0.2) is 0 Å². The highest BCUT2D eigenvalue weighted by Crippen LogP contribution is 2.17. The molecule has 6 nitrogen and oxygen atoms in total. The molecule has 2 N–H and O–H groups in total. The fourth-order valence-corrected chi connectivity index (χ4v) is 3.46. The van der Waals surface area contributed by atoms with Crippen LogP contribution in [0.25, 0.3) is 0 Å². The summed E-state index contributed by atoms with van der Waals surface area (Å²) in [6, 6.07) is -1.01. The summed E-state index contributed by atoms with van der Waals surface area (Å²) in [5.41, 5.74) is 0. The summed E-state index contributed by atoms with van der Waals surface area (Å²) < 4.78 is 31.2. The number of rotatable bonds is 9. The SMILES string of the molecule is CCCC[C@H](NS(=O)(=O)CCC1CCOC1)C(=O)O. The van der Waals surface area contributed by atoms with Crippen molar-refractivity contribution in [2.45, 2.75) is 45.1 Å². The molecular weight excluding hydrogens is 270 g/mol. The van der Waals surface area contributed by atoms with Crippen molar-refractivity contribution >= 4 is 16.0 Å². The lowest BCUT2D eigenvalue weighted by Crippen LogP contribution is -2.42. The molecule has 0 amide bonds. The zero-order valence-corrected chi connectivity index (χ0v) is 12.1. The average molecular weight is 293 g/mol. The first kappa shape index (κ1) is 16.4. The summed E-state index contributed by atoms with van der Waals surface area (Å²) >= 11 is 0. The van der Waals surface area contributed by atoms with Gasteiger partial charge in [-0.15, -0.1) is 0 Å². The molecule has 112 valence electrons. The quantitative estimate of drug-likeness (QED) is 0.661. The van der Waals surface area contributed by atoms with Gasteiger partial charge in [0.1, 0.15) is 6.04 Å². The molecule has 7 heteroatoms. The molecule has 2 atom stereocenters. The summed E-state index contributed by atoms with van der Waals surface area (Å²) in [6.45, 7) is 3.23. The smallest absolute Gasteiger partial charge is 0.321 e. The number of nitrogens with one attached hydrogen (secondary N) is 1. The van der Waals surface area contributed by atoms with Gasteiger partial charge in [0.05, 0.1) is 5.75 Å². The third-order valence-electron chi connectivity index (χ3n) is 3.29. The van der Waals surface area contributed by atoms with Crippen LogP contribution in [0.3, 0.4) is 0 Å². The summed E-state index contributed by atoms with van der Waals surface area (Å²) in [7, 11) is -3.53. The third kappa shape index (κ3) is 6.35. The van der Waals surface area contributed by atoms with Crippen molar-refractivity contribution in [3.63, 3.8) is 0 Å². The van der Waals surface area contributed by atoms with Crippen LogP contribution < -0.4 is 4.72 Å². The van der Waals surface area contributed by atoms with Crippen molar-refractivity contribution in [1.82, 2.24) is 4.72 Å². The van der Waals surface area contributed by atoms with Crippen LogP contribution in [0, 0.1) is 5.92 Å². The van der Waals surface area contributed by atoms with Crippen molar-refractivity contribution < 1.29 is 23.1 Å². The largest absolute Gasteiger partial charge is 0.480 e. The Morgan fingerprint density at radius 3 is 2.79 bits per heavy atom. The Labute approximate surface area is 114 Å². The number of carboxylic acids is 1. The van der Waals surface area contributed by atoms with Gasteiger partial charge < -0.3 is 9.84 Å². The molecule has 0 aliphatic carbocycles. The zero-order valence-electron chi connectivity index (χ0n) is 11.3. The molecule has 0 bridgehead atoms. The lowest BCUT2D eigenvalue weighted by Gasteiger charge is -2.15. The molecule has 0 aromatic heterocycles. The highest BCUT2D eigenvalue weighted by Gasteiger charge is 2.25. The fraction of sp³-hybridized carbons (Fsp3) is 0.917. The maximum Gasteiger partial charge on any atom is 0.321 e. The van der Waals surface area contributed by atoms with Gasteiger partial charge in [0, 0.05) is 13.2 Å². The van der Waals surface area contributed by atoms with E-state index in [-0.39, 0.29) is 11.7 Å². The average Bonchev–Trinajstić information content (AvgIpc) is 2.85. The predicted octanol–water partition coefficient (Wildman–Crippen LogP) is 0.976. The highest BCUT2D eigenvalue weighted by atomic mass is 32.2. The van der Waals surface area contributed by atoms with E-state index < -0.39 is 22.0 Å². The fourth-order valence-electron chi connectivity index (χ4n) is 2.05. The van der Waals surface area contributed by atoms with Crippen molar-refractivity contribution in [1.29, 1.82) is 0 Å². The van der Waals surface area contributed by atoms with Crippen molar-refractivity contribution in [2.75, 3.05) is 19.0 Å². The molecule has 0 spiro atoms. The monoisotopic (exact) mass is 293 g/mol. The van der Waals surface area contributed by atoms with E-state index in [1.54, 1.807) is 0 Å². The van der Waals surface area contributed by atoms with E-state index in [2.05, 4.69) is 4.72 Å². The summed E-state index contributed by atoms with van der Waals surface area (Å²) in [6.07, 6.45) is 3.27. The van der Waals surface area contributed by atoms with Crippen LogP contribution in [-0.2, 0) is 19.6 Å². The molecule has 1 saturated heterocycles. The van der Waals surface area contributed by atoms with Gasteiger partial charge in [0.2, 0.25) is 10.0 Å². The van der Waals surface area contributed by atoms with Crippen LogP contribution in [0.1, 0.15) is 39.0 Å². The molecule has 0 radical (unpaired) electrons. The van der Waals surface area contributed by atoms with E-state index in [1.165, 1.54) is 0 Å². The lowest BCUT2D eigenvalue weighted by molar-refractivity contribution is -0.139. The molecule has 0 saturated carbocycles. The first-order valence-electron chi connectivity index (χ1n) is 6.75. The van der Waals surface area contributed by atoms with Gasteiger partial charge in [-0.25, -0.2) is 13.1 Å². The maximum absolute atomic E-state index is 11.9. The third-order valence-corrected chi connectivity index (χ3v) is 4.70. The Morgan fingerprint density at radius 2 is 2.26 bits per heavy atom. The maximum atomic E-state index is 11.9. The molecule has 1 aliphatic rings. The lowest BCUT2D eigenvalue weighted by atomic mass is 10.1. The van der Waals surface area contributed by atoms with E-state index in [4.69, 9.17) is 9.84 Å². The van der Waals surface area contributed by atoms with Gasteiger partial charge >= 0.3 is 5.97 Å². The molecule has 1 fully saturated rings. The van der Waals surface area contributed by atoms with Crippen LogP contribution in [-0.4, -0.2) is 44.5 Å². The van der Waals surface area contributed by atoms with Gasteiger partial charge in [-0.2, -0.15) is 0 Å². The van der Waals surface area contributed by atoms with Gasteiger partial charge in [0.25, 0.3) is 0 Å². The minimum absolute atomic E-state index is 0.0308. The Bertz CT molecular complexity index is 376. The highest BCUT2D eigenvalue weighted by molar-refractivity contribution is 7.89. The minimum Gasteiger partial charge on any atom is -0.480 e. The topological polar surface area (TPSA) is 92.7 Å². The number of aliphatic carboxylic acids is 1. The molecule has 1 rings (SSSR count). The normalized spacial score (nSPS) is 21.4. The molecular formula is C12H23NO5S. The number of hydrogen-bond donors (Lipinski definition) is 2. The van der Waals surface area contributed by atoms with Gasteiger partial charge in [-0.3, -0.25) is 4.79 Å². The minimum atomic E-state index is -3.53. The number of carbonyl (C=O) groups is 1. The Hall–Kier alpha value is -0.660. The Balaban J connectivity index is 2.43. The zero-order chi connectivity index (χ0) is 14.3. The standard InChI is InChI=1S/C12H23NO5S/c1-2-3-4-11(12(14)15)13-19(16,17)8-6-10-5-7-18-9-10/h10-11,13H,2-9H2,1H3,(H,14,15)/t10?,11-/m0/s1. The second-order valence-corrected chi connectivity index (χ2v) is 6.86. The molecule has 1 unspecified atom stereocenters.